The summed E-state index contributed by atoms with van der Waals surface area (Å²) in [7, 11) is 0. The first-order valence-electron chi connectivity index (χ1n) is 17.2. The second-order valence-corrected chi connectivity index (χ2v) is 12.8. The van der Waals surface area contributed by atoms with Crippen LogP contribution in [0, 0.1) is 0 Å². The fourth-order valence-electron chi connectivity index (χ4n) is 7.47. The van der Waals surface area contributed by atoms with Gasteiger partial charge in [0.05, 0.1) is 16.7 Å². The molecule has 0 aliphatic carbocycles. The van der Waals surface area contributed by atoms with Gasteiger partial charge in [0.25, 0.3) is 0 Å². The lowest BCUT2D eigenvalue weighted by Crippen LogP contribution is -2.11. The van der Waals surface area contributed by atoms with Gasteiger partial charge in [-0.1, -0.05) is 115 Å². The number of oxazole rings is 1. The first-order valence-corrected chi connectivity index (χ1v) is 17.2. The number of fused-ring (bicyclic) bond motifs is 6. The summed E-state index contributed by atoms with van der Waals surface area (Å²) >= 11 is 0. The molecule has 8 aromatic carbocycles. The molecular formula is C47H31N3O. The van der Waals surface area contributed by atoms with E-state index in [2.05, 4.69) is 161 Å². The maximum atomic E-state index is 6.38. The normalized spacial score (nSPS) is 11.5. The van der Waals surface area contributed by atoms with E-state index in [1.807, 2.05) is 36.4 Å². The van der Waals surface area contributed by atoms with Crippen LogP contribution in [-0.4, -0.2) is 9.55 Å². The Kier molecular flexibility index (Phi) is 6.78. The summed E-state index contributed by atoms with van der Waals surface area (Å²) in [6.07, 6.45) is 0. The van der Waals surface area contributed by atoms with Gasteiger partial charge in [-0.15, -0.1) is 0 Å². The molecule has 0 radical (unpaired) electrons. The van der Waals surface area contributed by atoms with Crippen LogP contribution in [-0.2, 0) is 0 Å². The Morgan fingerprint density at radius 3 is 1.82 bits per heavy atom. The van der Waals surface area contributed by atoms with Crippen LogP contribution < -0.4 is 4.90 Å². The number of rotatable bonds is 6. The van der Waals surface area contributed by atoms with Crippen molar-refractivity contribution in [3.05, 3.63) is 188 Å². The van der Waals surface area contributed by atoms with E-state index in [0.29, 0.717) is 5.89 Å². The van der Waals surface area contributed by atoms with Crippen molar-refractivity contribution in [2.45, 2.75) is 0 Å². The third-order valence-corrected chi connectivity index (χ3v) is 9.80. The van der Waals surface area contributed by atoms with Crippen molar-refractivity contribution in [3.8, 4) is 28.3 Å². The van der Waals surface area contributed by atoms with Gasteiger partial charge in [-0.05, 0) is 89.3 Å². The largest absolute Gasteiger partial charge is 0.436 e. The fourth-order valence-corrected chi connectivity index (χ4v) is 7.47. The van der Waals surface area contributed by atoms with Crippen molar-refractivity contribution in [2.75, 3.05) is 4.90 Å². The zero-order valence-corrected chi connectivity index (χ0v) is 27.6. The van der Waals surface area contributed by atoms with Crippen LogP contribution in [0.25, 0.3) is 71.9 Å². The van der Waals surface area contributed by atoms with E-state index >= 15 is 0 Å². The van der Waals surface area contributed by atoms with E-state index in [-0.39, 0.29) is 0 Å². The third kappa shape index (κ3) is 4.88. The minimum Gasteiger partial charge on any atom is -0.436 e. The summed E-state index contributed by atoms with van der Waals surface area (Å²) in [4.78, 5) is 7.46. The molecule has 10 aromatic rings. The Balaban J connectivity index is 1.19. The molecule has 240 valence electrons. The Hall–Kier alpha value is -6.91. The van der Waals surface area contributed by atoms with Gasteiger partial charge in [0.15, 0.2) is 5.58 Å². The minimum atomic E-state index is 0.612. The molecule has 0 saturated heterocycles. The van der Waals surface area contributed by atoms with Crippen LogP contribution in [0.3, 0.4) is 0 Å². The number of anilines is 3. The number of hydrogen-bond acceptors (Lipinski definition) is 3. The highest BCUT2D eigenvalue weighted by Crippen LogP contribution is 2.43. The molecule has 0 unspecified atom stereocenters. The smallest absolute Gasteiger partial charge is 0.227 e. The minimum absolute atomic E-state index is 0.612. The lowest BCUT2D eigenvalue weighted by molar-refractivity contribution is 0.620. The van der Waals surface area contributed by atoms with E-state index in [9.17, 15) is 0 Å². The van der Waals surface area contributed by atoms with Crippen LogP contribution in [0.5, 0.6) is 0 Å². The molecule has 0 saturated carbocycles. The summed E-state index contributed by atoms with van der Waals surface area (Å²) in [5, 5.41) is 4.63. The molecule has 4 nitrogen and oxygen atoms in total. The fraction of sp³-hybridized carbons (Fsp3) is 0. The summed E-state index contributed by atoms with van der Waals surface area (Å²) in [6.45, 7) is 0. The first kappa shape index (κ1) is 29.0. The second-order valence-electron chi connectivity index (χ2n) is 12.8. The summed E-state index contributed by atoms with van der Waals surface area (Å²) < 4.78 is 8.74. The van der Waals surface area contributed by atoms with Crippen molar-refractivity contribution in [2.24, 2.45) is 0 Å². The van der Waals surface area contributed by atoms with Crippen LogP contribution in [0.1, 0.15) is 0 Å². The predicted octanol–water partition coefficient (Wildman–Crippen LogP) is 12.9. The average molecular weight is 654 g/mol. The van der Waals surface area contributed by atoms with E-state index in [4.69, 9.17) is 9.40 Å². The predicted molar refractivity (Wildman–Crippen MR) is 211 cm³/mol. The number of para-hydroxylation sites is 2. The summed E-state index contributed by atoms with van der Waals surface area (Å²) in [5.74, 6) is 0.612. The zero-order chi connectivity index (χ0) is 33.7. The van der Waals surface area contributed by atoms with Crippen LogP contribution in [0.15, 0.2) is 192 Å². The molecule has 0 amide bonds. The highest BCUT2D eigenvalue weighted by molar-refractivity contribution is 6.13. The summed E-state index contributed by atoms with van der Waals surface area (Å²) in [6, 6.07) is 66.2. The maximum Gasteiger partial charge on any atom is 0.227 e. The lowest BCUT2D eigenvalue weighted by atomic mass is 10.0. The number of benzene rings is 8. The van der Waals surface area contributed by atoms with Crippen molar-refractivity contribution in [1.29, 1.82) is 0 Å². The molecule has 0 N–H and O–H groups in total. The van der Waals surface area contributed by atoms with Gasteiger partial charge in [0.1, 0.15) is 5.52 Å². The number of aromatic nitrogens is 2. The van der Waals surface area contributed by atoms with Gasteiger partial charge < -0.3 is 13.9 Å². The SMILES string of the molecule is c1ccc(-c2cccc(N(c3ccc(-n4c5ccccc5c5ccccc54)cc3)c3cccc4ccc5oc(-c6ccccc6)nc5c34)c2)cc1. The summed E-state index contributed by atoms with van der Waals surface area (Å²) in [5.41, 5.74) is 11.5. The highest BCUT2D eigenvalue weighted by atomic mass is 16.3. The number of hydrogen-bond donors (Lipinski definition) is 0. The Labute approximate surface area is 295 Å². The standard InChI is InChI=1S/C47H31N3O/c1-3-13-32(14-4-1)35-18-11-19-38(31-35)49(36-26-28-37(29-27-36)50-41-22-9-7-20-39(41)40-21-8-10-23-42(40)50)43-24-12-17-33-25-30-44-46(45(33)43)48-47(51-44)34-15-5-2-6-16-34/h1-31H. The van der Waals surface area contributed by atoms with Gasteiger partial charge in [-0.25, -0.2) is 4.98 Å². The van der Waals surface area contributed by atoms with E-state index in [1.54, 1.807) is 0 Å². The van der Waals surface area contributed by atoms with E-state index in [1.165, 1.54) is 27.4 Å². The zero-order valence-electron chi connectivity index (χ0n) is 27.6. The molecule has 0 bridgehead atoms. The van der Waals surface area contributed by atoms with Gasteiger partial charge >= 0.3 is 0 Å². The lowest BCUT2D eigenvalue weighted by Gasteiger charge is -2.27. The molecule has 0 aliphatic heterocycles. The number of nitrogens with zero attached hydrogens (tertiary/aromatic N) is 3. The van der Waals surface area contributed by atoms with E-state index < -0.39 is 0 Å². The Bertz CT molecular complexity index is 2800. The quantitative estimate of drug-likeness (QED) is 0.179. The molecular weight excluding hydrogens is 623 g/mol. The third-order valence-electron chi connectivity index (χ3n) is 9.80. The van der Waals surface area contributed by atoms with Gasteiger partial charge in [0, 0.05) is 38.8 Å². The molecule has 0 atom stereocenters. The molecule has 2 heterocycles. The maximum absolute atomic E-state index is 6.38. The topological polar surface area (TPSA) is 34.2 Å². The molecule has 0 fully saturated rings. The molecule has 0 spiro atoms. The van der Waals surface area contributed by atoms with E-state index in [0.717, 1.165) is 55.7 Å². The highest BCUT2D eigenvalue weighted by Gasteiger charge is 2.21. The molecule has 10 rings (SSSR count). The molecule has 0 aliphatic rings. The second kappa shape index (κ2) is 11.9. The van der Waals surface area contributed by atoms with Gasteiger partial charge in [0.2, 0.25) is 5.89 Å². The van der Waals surface area contributed by atoms with Crippen LogP contribution in [0.2, 0.25) is 0 Å². The van der Waals surface area contributed by atoms with Crippen LogP contribution in [0.4, 0.5) is 17.1 Å². The molecule has 2 aromatic heterocycles. The van der Waals surface area contributed by atoms with Crippen molar-refractivity contribution < 1.29 is 4.42 Å². The average Bonchev–Trinajstić information content (AvgIpc) is 3.79. The molecule has 51 heavy (non-hydrogen) atoms. The van der Waals surface area contributed by atoms with Crippen molar-refractivity contribution in [1.82, 2.24) is 9.55 Å². The Morgan fingerprint density at radius 1 is 0.471 bits per heavy atom. The Morgan fingerprint density at radius 2 is 1.10 bits per heavy atom. The van der Waals surface area contributed by atoms with Gasteiger partial charge in [-0.2, -0.15) is 0 Å². The first-order chi connectivity index (χ1) is 25.3. The van der Waals surface area contributed by atoms with Gasteiger partial charge in [-0.3, -0.25) is 0 Å². The monoisotopic (exact) mass is 653 g/mol. The van der Waals surface area contributed by atoms with Crippen LogP contribution >= 0.6 is 0 Å². The molecule has 4 heteroatoms. The van der Waals surface area contributed by atoms with Crippen molar-refractivity contribution in [3.63, 3.8) is 0 Å². The van der Waals surface area contributed by atoms with Crippen molar-refractivity contribution >= 4 is 60.7 Å².